The van der Waals surface area contributed by atoms with E-state index in [1.807, 2.05) is 6.92 Å². The van der Waals surface area contributed by atoms with Crippen LogP contribution in [0.4, 0.5) is 0 Å². The summed E-state index contributed by atoms with van der Waals surface area (Å²) in [5.41, 5.74) is -0.376. The molecule has 20 heavy (non-hydrogen) atoms. The van der Waals surface area contributed by atoms with E-state index < -0.39 is 6.04 Å². The molecule has 6 heteroatoms. The first-order valence-electron chi connectivity index (χ1n) is 7.34. The lowest BCUT2D eigenvalue weighted by molar-refractivity contribution is -0.136. The van der Waals surface area contributed by atoms with Gasteiger partial charge in [0.05, 0.1) is 12.0 Å². The van der Waals surface area contributed by atoms with Gasteiger partial charge in [0.2, 0.25) is 11.8 Å². The summed E-state index contributed by atoms with van der Waals surface area (Å²) in [6.45, 7) is 6.30. The monoisotopic (exact) mass is 285 g/mol. The molecule has 1 rings (SSSR count). The largest absolute Gasteiger partial charge is 0.383 e. The minimum Gasteiger partial charge on any atom is -0.383 e. The predicted molar refractivity (Wildman–Crippen MR) is 77.3 cm³/mol. The predicted octanol–water partition coefficient (Wildman–Crippen LogP) is 0.0335. The summed E-state index contributed by atoms with van der Waals surface area (Å²) >= 11 is 0. The topological polar surface area (TPSA) is 79.5 Å². The Kier molecular flexibility index (Phi) is 6.95. The lowest BCUT2D eigenvalue weighted by atomic mass is 9.77. The second kappa shape index (κ2) is 8.21. The number of hydrogen-bond acceptors (Lipinski definition) is 4. The zero-order valence-electron chi connectivity index (χ0n) is 12.8. The van der Waals surface area contributed by atoms with Crippen LogP contribution in [0, 0.1) is 5.41 Å². The minimum atomic E-state index is -0.523. The Morgan fingerprint density at radius 3 is 2.75 bits per heavy atom. The van der Waals surface area contributed by atoms with Crippen LogP contribution in [0.15, 0.2) is 0 Å². The Hall–Kier alpha value is -1.14. The summed E-state index contributed by atoms with van der Waals surface area (Å²) in [6.07, 6.45) is 2.65. The van der Waals surface area contributed by atoms with Crippen molar-refractivity contribution < 1.29 is 14.3 Å². The van der Waals surface area contributed by atoms with Gasteiger partial charge in [-0.3, -0.25) is 9.59 Å². The van der Waals surface area contributed by atoms with E-state index in [4.69, 9.17) is 4.74 Å². The van der Waals surface area contributed by atoms with Gasteiger partial charge >= 0.3 is 0 Å². The van der Waals surface area contributed by atoms with Crippen LogP contribution in [0.5, 0.6) is 0 Å². The molecular weight excluding hydrogens is 258 g/mol. The van der Waals surface area contributed by atoms with E-state index in [0.717, 1.165) is 25.8 Å². The van der Waals surface area contributed by atoms with Gasteiger partial charge in [0, 0.05) is 20.2 Å². The van der Waals surface area contributed by atoms with E-state index in [2.05, 4.69) is 16.0 Å². The van der Waals surface area contributed by atoms with Crippen LogP contribution in [-0.2, 0) is 14.3 Å². The quantitative estimate of drug-likeness (QED) is 0.577. The maximum Gasteiger partial charge on any atom is 0.242 e. The van der Waals surface area contributed by atoms with Gasteiger partial charge < -0.3 is 20.7 Å². The molecule has 0 radical (unpaired) electrons. The third kappa shape index (κ3) is 4.45. The summed E-state index contributed by atoms with van der Waals surface area (Å²) in [5.74, 6) is -0.202. The Balaban J connectivity index is 2.48. The molecule has 6 nitrogen and oxygen atoms in total. The highest BCUT2D eigenvalue weighted by atomic mass is 16.5. The standard InChI is InChI=1S/C14H27N3O3/c1-4-14(6-5-7-15-10-14)13(19)17-11(2)12(18)16-8-9-20-3/h11,15H,4-10H2,1-3H3,(H,16,18)(H,17,19). The van der Waals surface area contributed by atoms with Crippen molar-refractivity contribution in [3.8, 4) is 0 Å². The van der Waals surface area contributed by atoms with E-state index in [9.17, 15) is 9.59 Å². The number of nitrogens with one attached hydrogen (secondary N) is 3. The zero-order valence-corrected chi connectivity index (χ0v) is 12.8. The van der Waals surface area contributed by atoms with Crippen molar-refractivity contribution in [2.45, 2.75) is 39.2 Å². The van der Waals surface area contributed by atoms with E-state index in [0.29, 0.717) is 19.7 Å². The number of hydrogen-bond donors (Lipinski definition) is 3. The van der Waals surface area contributed by atoms with Crippen LogP contribution in [0.3, 0.4) is 0 Å². The second-order valence-corrected chi connectivity index (χ2v) is 5.39. The molecule has 2 unspecified atom stereocenters. The van der Waals surface area contributed by atoms with Gasteiger partial charge in [-0.05, 0) is 32.7 Å². The molecule has 2 atom stereocenters. The average molecular weight is 285 g/mol. The number of rotatable bonds is 7. The number of piperidine rings is 1. The fourth-order valence-corrected chi connectivity index (χ4v) is 2.47. The molecule has 0 aliphatic carbocycles. The molecule has 0 aromatic heterocycles. The highest BCUT2D eigenvalue weighted by Crippen LogP contribution is 2.30. The molecule has 0 spiro atoms. The molecule has 0 saturated carbocycles. The summed E-state index contributed by atoms with van der Waals surface area (Å²) < 4.78 is 4.87. The van der Waals surface area contributed by atoms with Gasteiger partial charge in [-0.1, -0.05) is 6.92 Å². The third-order valence-electron chi connectivity index (χ3n) is 3.98. The fourth-order valence-electron chi connectivity index (χ4n) is 2.47. The molecule has 1 saturated heterocycles. The first-order valence-corrected chi connectivity index (χ1v) is 7.34. The fraction of sp³-hybridized carbons (Fsp3) is 0.857. The number of amides is 2. The van der Waals surface area contributed by atoms with Gasteiger partial charge in [0.1, 0.15) is 6.04 Å². The lowest BCUT2D eigenvalue weighted by Gasteiger charge is -2.36. The smallest absolute Gasteiger partial charge is 0.242 e. The summed E-state index contributed by atoms with van der Waals surface area (Å²) in [6, 6.07) is -0.523. The normalized spacial score (nSPS) is 23.9. The molecule has 1 aliphatic heterocycles. The Bertz CT molecular complexity index is 328. The van der Waals surface area contributed by atoms with E-state index in [-0.39, 0.29) is 17.2 Å². The molecule has 116 valence electrons. The van der Waals surface area contributed by atoms with Crippen molar-refractivity contribution in [2.75, 3.05) is 33.4 Å². The zero-order chi connectivity index (χ0) is 15.0. The highest BCUT2D eigenvalue weighted by molar-refractivity contribution is 5.90. The molecule has 0 aromatic rings. The summed E-state index contributed by atoms with van der Waals surface area (Å²) in [5, 5.41) is 8.84. The van der Waals surface area contributed by atoms with Crippen molar-refractivity contribution in [1.29, 1.82) is 0 Å². The Morgan fingerprint density at radius 2 is 2.20 bits per heavy atom. The minimum absolute atomic E-state index is 0.0263. The van der Waals surface area contributed by atoms with Gasteiger partial charge in [-0.25, -0.2) is 0 Å². The molecule has 1 fully saturated rings. The van der Waals surface area contributed by atoms with Crippen molar-refractivity contribution in [3.05, 3.63) is 0 Å². The molecule has 3 N–H and O–H groups in total. The molecule has 2 amide bonds. The summed E-state index contributed by atoms with van der Waals surface area (Å²) in [4.78, 5) is 24.3. The first-order chi connectivity index (χ1) is 9.55. The number of carbonyl (C=O) groups is 2. The van der Waals surface area contributed by atoms with Crippen LogP contribution in [0.25, 0.3) is 0 Å². The van der Waals surface area contributed by atoms with E-state index >= 15 is 0 Å². The maximum atomic E-state index is 12.4. The molecular formula is C14H27N3O3. The van der Waals surface area contributed by atoms with Crippen molar-refractivity contribution >= 4 is 11.8 Å². The summed E-state index contributed by atoms with van der Waals surface area (Å²) in [7, 11) is 1.58. The van der Waals surface area contributed by atoms with Crippen molar-refractivity contribution in [3.63, 3.8) is 0 Å². The average Bonchev–Trinajstić information content (AvgIpc) is 2.47. The number of methoxy groups -OCH3 is 1. The van der Waals surface area contributed by atoms with Crippen LogP contribution in [0.1, 0.15) is 33.1 Å². The van der Waals surface area contributed by atoms with Gasteiger partial charge in [-0.15, -0.1) is 0 Å². The lowest BCUT2D eigenvalue weighted by Crippen LogP contribution is -2.54. The van der Waals surface area contributed by atoms with Crippen molar-refractivity contribution in [2.24, 2.45) is 5.41 Å². The Labute approximate surface area is 121 Å². The van der Waals surface area contributed by atoms with Crippen LogP contribution in [-0.4, -0.2) is 51.2 Å². The number of carbonyl (C=O) groups excluding carboxylic acids is 2. The number of ether oxygens (including phenoxy) is 1. The van der Waals surface area contributed by atoms with Crippen LogP contribution in [0.2, 0.25) is 0 Å². The van der Waals surface area contributed by atoms with E-state index in [1.54, 1.807) is 14.0 Å². The molecule has 0 aromatic carbocycles. The Morgan fingerprint density at radius 1 is 1.45 bits per heavy atom. The SMILES string of the molecule is CCC1(C(=O)NC(C)C(=O)NCCOC)CCCNC1. The first kappa shape index (κ1) is 16.9. The molecule has 0 bridgehead atoms. The molecule has 1 heterocycles. The maximum absolute atomic E-state index is 12.4. The van der Waals surface area contributed by atoms with Crippen molar-refractivity contribution in [1.82, 2.24) is 16.0 Å². The van der Waals surface area contributed by atoms with Crippen LogP contribution >= 0.6 is 0 Å². The second-order valence-electron chi connectivity index (χ2n) is 5.39. The van der Waals surface area contributed by atoms with Gasteiger partial charge in [0.15, 0.2) is 0 Å². The highest BCUT2D eigenvalue weighted by Gasteiger charge is 2.38. The van der Waals surface area contributed by atoms with E-state index in [1.165, 1.54) is 0 Å². The third-order valence-corrected chi connectivity index (χ3v) is 3.98. The molecule has 1 aliphatic rings. The van der Waals surface area contributed by atoms with Gasteiger partial charge in [-0.2, -0.15) is 0 Å². The van der Waals surface area contributed by atoms with Gasteiger partial charge in [0.25, 0.3) is 0 Å². The van der Waals surface area contributed by atoms with Crippen LogP contribution < -0.4 is 16.0 Å².